The molecule has 30 heavy (non-hydrogen) atoms. The van der Waals surface area contributed by atoms with Gasteiger partial charge in [0.15, 0.2) is 11.5 Å². The van der Waals surface area contributed by atoms with Gasteiger partial charge in [-0.05, 0) is 24.3 Å². The number of anilines is 1. The van der Waals surface area contributed by atoms with Crippen molar-refractivity contribution in [2.24, 2.45) is 0 Å². The van der Waals surface area contributed by atoms with Crippen molar-refractivity contribution >= 4 is 17.6 Å². The maximum absolute atomic E-state index is 12.8. The fraction of sp³-hybridized carbons (Fsp3) is 0.364. The number of amides is 1. The molecule has 2 rings (SSSR count). The number of methoxy groups -OCH3 is 3. The molecule has 0 bridgehead atoms. The lowest BCUT2D eigenvalue weighted by Gasteiger charge is -2.26. The Kier molecular flexibility index (Phi) is 8.34. The summed E-state index contributed by atoms with van der Waals surface area (Å²) < 4.78 is 21.3. The van der Waals surface area contributed by atoms with E-state index in [1.807, 2.05) is 42.3 Å². The highest BCUT2D eigenvalue weighted by Gasteiger charge is 2.22. The van der Waals surface area contributed by atoms with E-state index in [4.69, 9.17) is 18.9 Å². The fourth-order valence-electron chi connectivity index (χ4n) is 3.05. The molecule has 0 saturated heterocycles. The van der Waals surface area contributed by atoms with Crippen LogP contribution in [0.2, 0.25) is 0 Å². The quantitative estimate of drug-likeness (QED) is 0.596. The number of likely N-dealkylation sites (N-methyl/N-ethyl adjacent to an activating group) is 1. The van der Waals surface area contributed by atoms with Gasteiger partial charge in [0.2, 0.25) is 5.75 Å². The number of carbonyl (C=O) groups is 2. The molecule has 0 spiro atoms. The van der Waals surface area contributed by atoms with E-state index in [1.165, 1.54) is 28.3 Å². The predicted molar refractivity (Wildman–Crippen MR) is 114 cm³/mol. The molecule has 0 fully saturated rings. The summed E-state index contributed by atoms with van der Waals surface area (Å²) in [4.78, 5) is 26.3. The lowest BCUT2D eigenvalue weighted by molar-refractivity contribution is -0.145. The first-order chi connectivity index (χ1) is 14.4. The first kappa shape index (κ1) is 22.9. The number of carbonyl (C=O) groups excluding carboxylic acids is 2. The Balaban J connectivity index is 2.13. The third-order valence-corrected chi connectivity index (χ3v) is 4.45. The molecule has 0 aromatic heterocycles. The second-order valence-corrected chi connectivity index (χ2v) is 6.54. The van der Waals surface area contributed by atoms with E-state index in [9.17, 15) is 9.59 Å². The smallest absolute Gasteiger partial charge is 0.303 e. The van der Waals surface area contributed by atoms with E-state index in [-0.39, 0.29) is 23.8 Å². The lowest BCUT2D eigenvalue weighted by Crippen LogP contribution is -2.41. The van der Waals surface area contributed by atoms with Gasteiger partial charge in [0.05, 0.1) is 40.0 Å². The zero-order valence-electron chi connectivity index (χ0n) is 17.9. The van der Waals surface area contributed by atoms with Crippen LogP contribution >= 0.6 is 0 Å². The second-order valence-electron chi connectivity index (χ2n) is 6.54. The van der Waals surface area contributed by atoms with E-state index < -0.39 is 12.1 Å². The number of para-hydroxylation sites is 1. The van der Waals surface area contributed by atoms with Crippen molar-refractivity contribution in [2.45, 2.75) is 13.0 Å². The number of rotatable bonds is 10. The molecule has 8 heteroatoms. The van der Waals surface area contributed by atoms with Gasteiger partial charge in [-0.2, -0.15) is 0 Å². The molecule has 0 aliphatic rings. The number of hydrogen-bond donors (Lipinski definition) is 1. The van der Waals surface area contributed by atoms with Crippen LogP contribution in [0.15, 0.2) is 42.5 Å². The molecule has 2 aromatic rings. The molecule has 0 aliphatic carbocycles. The molecule has 0 aliphatic heterocycles. The van der Waals surface area contributed by atoms with Gasteiger partial charge in [0, 0.05) is 19.7 Å². The first-order valence-corrected chi connectivity index (χ1v) is 9.41. The number of benzene rings is 2. The summed E-state index contributed by atoms with van der Waals surface area (Å²) in [5, 5.41) is 2.81. The van der Waals surface area contributed by atoms with E-state index in [2.05, 4.69) is 5.32 Å². The van der Waals surface area contributed by atoms with Crippen LogP contribution in [0.4, 0.5) is 5.69 Å². The number of nitrogens with one attached hydrogen (secondary N) is 1. The molecule has 1 amide bonds. The van der Waals surface area contributed by atoms with Gasteiger partial charge in [-0.15, -0.1) is 0 Å². The third-order valence-electron chi connectivity index (χ3n) is 4.45. The molecule has 1 unspecified atom stereocenters. The van der Waals surface area contributed by atoms with Crippen molar-refractivity contribution < 1.29 is 28.5 Å². The topological polar surface area (TPSA) is 86.3 Å². The average molecular weight is 416 g/mol. The fourth-order valence-corrected chi connectivity index (χ4v) is 3.05. The van der Waals surface area contributed by atoms with Gasteiger partial charge < -0.3 is 29.2 Å². The van der Waals surface area contributed by atoms with E-state index in [0.717, 1.165) is 5.69 Å². The number of esters is 1. The summed E-state index contributed by atoms with van der Waals surface area (Å²) in [7, 11) is 6.32. The van der Waals surface area contributed by atoms with E-state index in [1.54, 1.807) is 12.1 Å². The molecule has 1 atom stereocenters. The van der Waals surface area contributed by atoms with Gasteiger partial charge in [0.25, 0.3) is 5.91 Å². The zero-order chi connectivity index (χ0) is 22.1. The summed E-state index contributed by atoms with van der Waals surface area (Å²) in [6.45, 7) is 1.88. The Labute approximate surface area is 176 Å². The van der Waals surface area contributed by atoms with E-state index in [0.29, 0.717) is 18.0 Å². The second kappa shape index (κ2) is 10.9. The summed E-state index contributed by atoms with van der Waals surface area (Å²) in [6, 6.07) is 12.9. The normalized spacial score (nSPS) is 11.2. The Bertz CT molecular complexity index is 856. The van der Waals surface area contributed by atoms with Crippen molar-refractivity contribution in [1.29, 1.82) is 0 Å². The minimum absolute atomic E-state index is 0.132. The van der Waals surface area contributed by atoms with Gasteiger partial charge in [-0.3, -0.25) is 9.59 Å². The van der Waals surface area contributed by atoms with Crippen molar-refractivity contribution in [3.05, 3.63) is 48.0 Å². The zero-order valence-corrected chi connectivity index (χ0v) is 17.9. The number of ether oxygens (including phenoxy) is 4. The molecule has 0 heterocycles. The van der Waals surface area contributed by atoms with Crippen LogP contribution in [0.3, 0.4) is 0 Å². The minimum atomic E-state index is -0.539. The molecular formula is C22H28N2O6. The van der Waals surface area contributed by atoms with Gasteiger partial charge in [-0.25, -0.2) is 0 Å². The summed E-state index contributed by atoms with van der Waals surface area (Å²) in [5.74, 6) is 0.243. The Morgan fingerprint density at radius 1 is 0.967 bits per heavy atom. The Morgan fingerprint density at radius 2 is 1.63 bits per heavy atom. The highest BCUT2D eigenvalue weighted by molar-refractivity contribution is 5.98. The van der Waals surface area contributed by atoms with Gasteiger partial charge >= 0.3 is 5.97 Å². The Morgan fingerprint density at radius 3 is 2.20 bits per heavy atom. The van der Waals surface area contributed by atoms with E-state index >= 15 is 0 Å². The number of hydrogen-bond acceptors (Lipinski definition) is 7. The van der Waals surface area contributed by atoms with Crippen LogP contribution in [0.1, 0.15) is 17.3 Å². The summed E-state index contributed by atoms with van der Waals surface area (Å²) in [5.41, 5.74) is 1.26. The Hall–Kier alpha value is -3.42. The van der Waals surface area contributed by atoms with Crippen LogP contribution in [0.25, 0.3) is 0 Å². The van der Waals surface area contributed by atoms with Crippen LogP contribution in [-0.4, -0.2) is 59.4 Å². The molecule has 0 radical (unpaired) electrons. The van der Waals surface area contributed by atoms with Crippen molar-refractivity contribution in [3.8, 4) is 17.2 Å². The van der Waals surface area contributed by atoms with Crippen molar-refractivity contribution in [2.75, 3.05) is 46.4 Å². The predicted octanol–water partition coefficient (Wildman–Crippen LogP) is 2.51. The van der Waals surface area contributed by atoms with Crippen LogP contribution in [0, 0.1) is 0 Å². The van der Waals surface area contributed by atoms with Crippen LogP contribution < -0.4 is 24.4 Å². The van der Waals surface area contributed by atoms with Gasteiger partial charge in [0.1, 0.15) is 6.10 Å². The summed E-state index contributed by atoms with van der Waals surface area (Å²) in [6.07, 6.45) is -0.539. The lowest BCUT2D eigenvalue weighted by atomic mass is 10.1. The SMILES string of the molecule is COc1ccc(C(=O)NCC(CN(C)c2ccccc2)OC(C)=O)c(OC)c1OC. The summed E-state index contributed by atoms with van der Waals surface area (Å²) >= 11 is 0. The van der Waals surface area contributed by atoms with Crippen molar-refractivity contribution in [3.63, 3.8) is 0 Å². The molecular weight excluding hydrogens is 388 g/mol. The highest BCUT2D eigenvalue weighted by atomic mass is 16.5. The largest absolute Gasteiger partial charge is 0.493 e. The van der Waals surface area contributed by atoms with Crippen LogP contribution in [-0.2, 0) is 9.53 Å². The number of nitrogens with zero attached hydrogens (tertiary/aromatic N) is 1. The average Bonchev–Trinajstić information content (AvgIpc) is 2.76. The van der Waals surface area contributed by atoms with Gasteiger partial charge in [-0.1, -0.05) is 18.2 Å². The highest BCUT2D eigenvalue weighted by Crippen LogP contribution is 2.39. The maximum Gasteiger partial charge on any atom is 0.303 e. The molecule has 0 saturated carbocycles. The van der Waals surface area contributed by atoms with Crippen LogP contribution in [0.5, 0.6) is 17.2 Å². The standard InChI is InChI=1S/C22H28N2O6/c1-15(25)30-17(14-24(2)16-9-7-6-8-10-16)13-23-22(26)18-11-12-19(27-3)21(29-5)20(18)28-4/h6-12,17H,13-14H2,1-5H3,(H,23,26). The molecule has 8 nitrogen and oxygen atoms in total. The maximum atomic E-state index is 12.8. The van der Waals surface area contributed by atoms with Crippen molar-refractivity contribution in [1.82, 2.24) is 5.32 Å². The monoisotopic (exact) mass is 416 g/mol. The molecule has 162 valence electrons. The minimum Gasteiger partial charge on any atom is -0.493 e. The first-order valence-electron chi connectivity index (χ1n) is 9.41. The molecule has 1 N–H and O–H groups in total. The molecule has 2 aromatic carbocycles. The third kappa shape index (κ3) is 5.79.